The summed E-state index contributed by atoms with van der Waals surface area (Å²) < 4.78 is 10.2. The van der Waals surface area contributed by atoms with Gasteiger partial charge in [-0.1, -0.05) is 200 Å². The van der Waals surface area contributed by atoms with Crippen molar-refractivity contribution in [1.82, 2.24) is 18.3 Å². The maximum Gasteiger partial charge on any atom is 0.179 e. The van der Waals surface area contributed by atoms with Gasteiger partial charge in [0, 0.05) is 71.7 Å². The normalized spacial score (nSPS) is 12.8. The second kappa shape index (κ2) is 17.2. The van der Waals surface area contributed by atoms with E-state index in [1.165, 1.54) is 108 Å². The zero-order valence-electron chi connectivity index (χ0n) is 42.3. The van der Waals surface area contributed by atoms with Gasteiger partial charge in [-0.05, 0) is 112 Å². The third-order valence-electron chi connectivity index (χ3n) is 16.7. The number of rotatable bonds is 8. The number of para-hydroxylation sites is 7. The minimum Gasteiger partial charge on any atom is -0.313 e. The van der Waals surface area contributed by atoms with Crippen molar-refractivity contribution in [2.45, 2.75) is 12.8 Å². The van der Waals surface area contributed by atoms with Crippen molar-refractivity contribution in [1.29, 1.82) is 0 Å². The number of hydrogen-bond acceptors (Lipinski definition) is 0. The van der Waals surface area contributed by atoms with Crippen LogP contribution in [-0.4, -0.2) is 26.3 Å². The topological polar surface area (TPSA) is 19.7 Å². The van der Waals surface area contributed by atoms with Crippen LogP contribution in [-0.2, 0) is 6.42 Å². The van der Waals surface area contributed by atoms with Gasteiger partial charge in [0.15, 0.2) is 8.07 Å². The monoisotopic (exact) mass is 998 g/mol. The standard InChI is InChI=1S/C72H50N4Si/c1-3-23-53(24-4-1)77(54-25-5-2-6-26-54,55-45-49(73-65-35-15-7-27-57(65)58-28-8-16-36-66(58)73)43-50(46-55)74-67-37-17-9-29-59(67)60-30-10-18-38-68(60)74)56-47-51(75-69-39-19-11-31-61(69)62-32-12-20-40-70(62)75)44-52(48-56)76-71-41-21-13-33-63(71)64-34-14-22-42-72(64)76/h1-21,23-41,43-48H,22,42H2. The summed E-state index contributed by atoms with van der Waals surface area (Å²) in [6.07, 6.45) is 6.66. The van der Waals surface area contributed by atoms with Crippen molar-refractivity contribution in [2.24, 2.45) is 0 Å². The highest BCUT2D eigenvalue weighted by Gasteiger charge is 2.43. The minimum atomic E-state index is -3.45. The third kappa shape index (κ3) is 6.44. The molecule has 0 saturated carbocycles. The van der Waals surface area contributed by atoms with E-state index in [1.54, 1.807) is 0 Å². The van der Waals surface area contributed by atoms with Crippen LogP contribution in [0.25, 0.3) is 105 Å². The second-order valence-electron chi connectivity index (χ2n) is 20.7. The Bertz CT molecular complexity index is 4540. The lowest BCUT2D eigenvalue weighted by molar-refractivity contribution is 0.888. The number of fused-ring (bicyclic) bond motifs is 12. The number of aromatic nitrogens is 4. The van der Waals surface area contributed by atoms with Crippen LogP contribution >= 0.6 is 0 Å². The average molecular weight is 999 g/mol. The van der Waals surface area contributed by atoms with E-state index in [4.69, 9.17) is 0 Å². The number of benzene rings is 11. The zero-order chi connectivity index (χ0) is 50.6. The van der Waals surface area contributed by atoms with E-state index < -0.39 is 8.07 Å². The molecule has 0 fully saturated rings. The molecule has 0 N–H and O–H groups in total. The molecule has 362 valence electrons. The molecule has 4 aromatic heterocycles. The molecular weight excluding hydrogens is 949 g/mol. The summed E-state index contributed by atoms with van der Waals surface area (Å²) in [5.74, 6) is 0. The second-order valence-corrected chi connectivity index (χ2v) is 24.5. The van der Waals surface area contributed by atoms with Crippen molar-refractivity contribution in [2.75, 3.05) is 0 Å². The molecule has 4 nitrogen and oxygen atoms in total. The van der Waals surface area contributed by atoms with Gasteiger partial charge in [-0.15, -0.1) is 0 Å². The fourth-order valence-electron chi connectivity index (χ4n) is 13.6. The molecule has 16 rings (SSSR count). The molecule has 4 heterocycles. The Morgan fingerprint density at radius 2 is 0.545 bits per heavy atom. The van der Waals surface area contributed by atoms with Crippen LogP contribution in [0.1, 0.15) is 17.7 Å². The van der Waals surface area contributed by atoms with Crippen LogP contribution in [0.15, 0.2) is 273 Å². The Balaban J connectivity index is 1.10. The summed E-state index contributed by atoms with van der Waals surface area (Å²) in [4.78, 5) is 0. The maximum absolute atomic E-state index is 3.45. The van der Waals surface area contributed by atoms with Gasteiger partial charge in [-0.3, -0.25) is 0 Å². The van der Waals surface area contributed by atoms with Crippen LogP contribution in [0.3, 0.4) is 0 Å². The largest absolute Gasteiger partial charge is 0.313 e. The SMILES string of the molecule is C1=Cc2c(n(-c3cc(-n4c5ccccc5c5ccccc54)cc([Si](c4ccccc4)(c4ccccc4)c4cc(-n5c6ccccc6c6ccccc65)cc(-n5c6ccccc6c6ccccc65)c4)c3)c3ccccc23)CC1. The van der Waals surface area contributed by atoms with Gasteiger partial charge in [-0.2, -0.15) is 0 Å². The van der Waals surface area contributed by atoms with Gasteiger partial charge in [0.25, 0.3) is 0 Å². The average Bonchev–Trinajstić information content (AvgIpc) is 4.24. The molecule has 0 radical (unpaired) electrons. The fourth-order valence-corrected chi connectivity index (χ4v) is 18.4. The van der Waals surface area contributed by atoms with Crippen molar-refractivity contribution in [3.8, 4) is 22.7 Å². The van der Waals surface area contributed by atoms with E-state index in [2.05, 4.69) is 297 Å². The smallest absolute Gasteiger partial charge is 0.179 e. The molecule has 0 aliphatic heterocycles. The van der Waals surface area contributed by atoms with Gasteiger partial charge in [0.2, 0.25) is 0 Å². The Hall–Kier alpha value is -9.68. The Morgan fingerprint density at radius 1 is 0.260 bits per heavy atom. The summed E-state index contributed by atoms with van der Waals surface area (Å²) in [5.41, 5.74) is 15.5. The molecule has 0 unspecified atom stereocenters. The molecule has 15 aromatic rings. The van der Waals surface area contributed by atoms with Crippen molar-refractivity contribution >= 4 is 111 Å². The highest BCUT2D eigenvalue weighted by Crippen LogP contribution is 2.39. The fraction of sp³-hybridized carbons (Fsp3) is 0.0278. The molecule has 77 heavy (non-hydrogen) atoms. The molecule has 5 heteroatoms. The van der Waals surface area contributed by atoms with Crippen molar-refractivity contribution in [3.05, 3.63) is 284 Å². The molecule has 0 atom stereocenters. The third-order valence-corrected chi connectivity index (χ3v) is 21.4. The number of hydrogen-bond donors (Lipinski definition) is 0. The Kier molecular flexibility index (Phi) is 9.75. The minimum absolute atomic E-state index is 0.957. The van der Waals surface area contributed by atoms with Gasteiger partial charge >= 0.3 is 0 Å². The summed E-state index contributed by atoms with van der Waals surface area (Å²) in [6.45, 7) is 0. The lowest BCUT2D eigenvalue weighted by Gasteiger charge is -2.36. The summed E-state index contributed by atoms with van der Waals surface area (Å²) in [6, 6.07) is 101. The van der Waals surface area contributed by atoms with Crippen molar-refractivity contribution < 1.29 is 0 Å². The van der Waals surface area contributed by atoms with E-state index >= 15 is 0 Å². The van der Waals surface area contributed by atoms with Gasteiger partial charge in [-0.25, -0.2) is 0 Å². The summed E-state index contributed by atoms with van der Waals surface area (Å²) in [7, 11) is -3.45. The lowest BCUT2D eigenvalue weighted by atomic mass is 10.0. The van der Waals surface area contributed by atoms with Gasteiger partial charge in [0.05, 0.1) is 38.6 Å². The van der Waals surface area contributed by atoms with Crippen LogP contribution in [0.4, 0.5) is 0 Å². The molecule has 11 aromatic carbocycles. The molecule has 0 saturated heterocycles. The van der Waals surface area contributed by atoms with Gasteiger partial charge in [0.1, 0.15) is 0 Å². The van der Waals surface area contributed by atoms with E-state index in [0.29, 0.717) is 0 Å². The number of nitrogens with zero attached hydrogens (tertiary/aromatic N) is 4. The molecule has 0 amide bonds. The van der Waals surface area contributed by atoms with E-state index in [0.717, 1.165) is 35.6 Å². The lowest BCUT2D eigenvalue weighted by Crippen LogP contribution is -2.75. The van der Waals surface area contributed by atoms with Crippen LogP contribution in [0.5, 0.6) is 0 Å². The first-order chi connectivity index (χ1) is 38.2. The first-order valence-corrected chi connectivity index (χ1v) is 28.9. The summed E-state index contributed by atoms with van der Waals surface area (Å²) in [5, 5.41) is 13.9. The first-order valence-electron chi connectivity index (χ1n) is 26.9. The van der Waals surface area contributed by atoms with E-state index in [-0.39, 0.29) is 0 Å². The highest BCUT2D eigenvalue weighted by molar-refractivity contribution is 7.20. The predicted molar refractivity (Wildman–Crippen MR) is 327 cm³/mol. The molecular formula is C72H50N4Si. The van der Waals surface area contributed by atoms with Crippen molar-refractivity contribution in [3.63, 3.8) is 0 Å². The van der Waals surface area contributed by atoms with Gasteiger partial charge < -0.3 is 18.3 Å². The maximum atomic E-state index is 2.60. The molecule has 1 aliphatic carbocycles. The van der Waals surface area contributed by atoms with E-state index in [1.807, 2.05) is 0 Å². The molecule has 0 spiro atoms. The Morgan fingerprint density at radius 3 is 0.896 bits per heavy atom. The number of allylic oxidation sites excluding steroid dienone is 1. The molecule has 0 bridgehead atoms. The first kappa shape index (κ1) is 43.7. The van der Waals surface area contributed by atoms with Crippen LogP contribution in [0, 0.1) is 0 Å². The molecule has 1 aliphatic rings. The zero-order valence-corrected chi connectivity index (χ0v) is 43.3. The highest BCUT2D eigenvalue weighted by atomic mass is 28.3. The van der Waals surface area contributed by atoms with E-state index in [9.17, 15) is 0 Å². The van der Waals surface area contributed by atoms with Crippen LogP contribution in [0.2, 0.25) is 0 Å². The quantitative estimate of drug-likeness (QED) is 0.107. The predicted octanol–water partition coefficient (Wildman–Crippen LogP) is 15.3. The Labute approximate surface area is 446 Å². The summed E-state index contributed by atoms with van der Waals surface area (Å²) >= 11 is 0. The van der Waals surface area contributed by atoms with Crippen LogP contribution < -0.4 is 20.7 Å².